The van der Waals surface area contributed by atoms with Gasteiger partial charge in [0.15, 0.2) is 0 Å². The van der Waals surface area contributed by atoms with E-state index in [1.165, 1.54) is 68.4 Å². The van der Waals surface area contributed by atoms with E-state index in [9.17, 15) is 13.2 Å². The number of benzene rings is 1. The van der Waals surface area contributed by atoms with E-state index in [0.717, 1.165) is 19.4 Å². The number of likely N-dealkylation sites (tertiary alicyclic amines) is 1. The predicted molar refractivity (Wildman–Crippen MR) is 109 cm³/mol. The average Bonchev–Trinajstić information content (AvgIpc) is 2.96. The van der Waals surface area contributed by atoms with E-state index < -0.39 is 16.0 Å². The third-order valence-corrected chi connectivity index (χ3v) is 8.14. The van der Waals surface area contributed by atoms with Crippen LogP contribution in [0.25, 0.3) is 0 Å². The highest BCUT2D eigenvalue weighted by molar-refractivity contribution is 7.89. The van der Waals surface area contributed by atoms with Gasteiger partial charge < -0.3 is 9.64 Å². The Morgan fingerprint density at radius 1 is 1.11 bits per heavy atom. The molecule has 0 radical (unpaired) electrons. The molecule has 0 aliphatic carbocycles. The van der Waals surface area contributed by atoms with Crippen LogP contribution < -0.4 is 0 Å². The fourth-order valence-electron chi connectivity index (χ4n) is 4.11. The summed E-state index contributed by atoms with van der Waals surface area (Å²) in [4.78, 5) is 14.2. The van der Waals surface area contributed by atoms with Crippen molar-refractivity contribution in [3.8, 4) is 0 Å². The number of nitrogens with zero attached hydrogens (tertiary/aromatic N) is 2. The molecule has 0 saturated carbocycles. The largest absolute Gasteiger partial charge is 0.465 e. The number of hydrogen-bond donors (Lipinski definition) is 0. The van der Waals surface area contributed by atoms with Gasteiger partial charge in [0.25, 0.3) is 0 Å². The zero-order valence-electron chi connectivity index (χ0n) is 16.4. The van der Waals surface area contributed by atoms with E-state index in [1.807, 2.05) is 0 Å². The molecule has 6 nitrogen and oxygen atoms in total. The topological polar surface area (TPSA) is 66.9 Å². The summed E-state index contributed by atoms with van der Waals surface area (Å²) in [6.45, 7) is 4.43. The quantitative estimate of drug-likeness (QED) is 0.672. The number of sulfonamides is 1. The van der Waals surface area contributed by atoms with Crippen LogP contribution in [0.1, 0.15) is 48.9 Å². The summed E-state index contributed by atoms with van der Waals surface area (Å²) >= 11 is 6.19. The van der Waals surface area contributed by atoms with Crippen molar-refractivity contribution in [2.75, 3.05) is 39.8 Å². The molecule has 0 unspecified atom stereocenters. The van der Waals surface area contributed by atoms with Crippen LogP contribution in [0, 0.1) is 5.92 Å². The molecular weight excluding hydrogens is 400 g/mol. The highest BCUT2D eigenvalue weighted by Crippen LogP contribution is 2.29. The first-order valence-electron chi connectivity index (χ1n) is 10.0. The van der Waals surface area contributed by atoms with Gasteiger partial charge in [-0.25, -0.2) is 13.2 Å². The van der Waals surface area contributed by atoms with Crippen LogP contribution in [0.4, 0.5) is 0 Å². The standard InChI is InChI=1S/C20H29ClN2O4S/c1-27-20(24)17-6-7-19(18(21)14-17)28(25,26)23-12-8-16(9-13-23)15-22-10-4-2-3-5-11-22/h6-7,14,16H,2-5,8-13,15H2,1H3. The number of halogens is 1. The molecule has 1 aromatic carbocycles. The average molecular weight is 429 g/mol. The molecule has 0 aromatic heterocycles. The molecule has 2 fully saturated rings. The first-order chi connectivity index (χ1) is 13.4. The summed E-state index contributed by atoms with van der Waals surface area (Å²) in [6.07, 6.45) is 6.92. The SMILES string of the molecule is COC(=O)c1ccc(S(=O)(=O)N2CCC(CN3CCCCCC3)CC2)c(Cl)c1. The summed E-state index contributed by atoms with van der Waals surface area (Å²) in [6, 6.07) is 4.19. The molecule has 1 aromatic rings. The lowest BCUT2D eigenvalue weighted by Gasteiger charge is -2.34. The number of carbonyl (C=O) groups excluding carboxylic acids is 1. The number of piperidine rings is 1. The highest BCUT2D eigenvalue weighted by atomic mass is 35.5. The highest BCUT2D eigenvalue weighted by Gasteiger charge is 2.31. The van der Waals surface area contributed by atoms with Crippen LogP contribution in [0.5, 0.6) is 0 Å². The lowest BCUT2D eigenvalue weighted by atomic mass is 9.97. The third-order valence-electron chi connectivity index (χ3n) is 5.76. The molecule has 0 bridgehead atoms. The summed E-state index contributed by atoms with van der Waals surface area (Å²) in [5.74, 6) is 0.00176. The van der Waals surface area contributed by atoms with Crippen molar-refractivity contribution < 1.29 is 17.9 Å². The van der Waals surface area contributed by atoms with E-state index in [2.05, 4.69) is 9.64 Å². The molecule has 28 heavy (non-hydrogen) atoms. The van der Waals surface area contributed by atoms with Crippen molar-refractivity contribution in [2.45, 2.75) is 43.4 Å². The molecule has 8 heteroatoms. The maximum Gasteiger partial charge on any atom is 0.337 e. The summed E-state index contributed by atoms with van der Waals surface area (Å²) < 4.78 is 32.2. The second-order valence-corrected chi connectivity index (χ2v) is 10.0. The Morgan fingerprint density at radius 2 is 1.75 bits per heavy atom. The van der Waals surface area contributed by atoms with Crippen molar-refractivity contribution in [2.24, 2.45) is 5.92 Å². The molecule has 0 spiro atoms. The van der Waals surface area contributed by atoms with Crippen LogP contribution in [-0.2, 0) is 14.8 Å². The molecule has 156 valence electrons. The van der Waals surface area contributed by atoms with Gasteiger partial charge in [0, 0.05) is 19.6 Å². The van der Waals surface area contributed by atoms with Gasteiger partial charge in [0.2, 0.25) is 10.0 Å². The van der Waals surface area contributed by atoms with Gasteiger partial charge >= 0.3 is 5.97 Å². The summed E-state index contributed by atoms with van der Waals surface area (Å²) in [5, 5.41) is 0.0505. The molecule has 0 N–H and O–H groups in total. The van der Waals surface area contributed by atoms with Crippen molar-refractivity contribution in [1.82, 2.24) is 9.21 Å². The Bertz CT molecular complexity index is 783. The zero-order chi connectivity index (χ0) is 20.1. The van der Waals surface area contributed by atoms with Crippen molar-refractivity contribution in [3.05, 3.63) is 28.8 Å². The Hall–Kier alpha value is -1.15. The van der Waals surface area contributed by atoms with Crippen LogP contribution in [0.2, 0.25) is 5.02 Å². The predicted octanol–water partition coefficient (Wildman–Crippen LogP) is 3.40. The maximum absolute atomic E-state index is 13.0. The first kappa shape index (κ1) is 21.6. The molecular formula is C20H29ClN2O4S. The smallest absolute Gasteiger partial charge is 0.337 e. The van der Waals surface area contributed by atoms with Gasteiger partial charge in [-0.1, -0.05) is 24.4 Å². The van der Waals surface area contributed by atoms with Gasteiger partial charge in [-0.05, 0) is 62.9 Å². The normalized spacial score (nSPS) is 20.6. The number of esters is 1. The van der Waals surface area contributed by atoms with Crippen LogP contribution in [0.3, 0.4) is 0 Å². The monoisotopic (exact) mass is 428 g/mol. The van der Waals surface area contributed by atoms with Gasteiger partial charge in [-0.15, -0.1) is 0 Å². The fraction of sp³-hybridized carbons (Fsp3) is 0.650. The third kappa shape index (κ3) is 5.06. The Morgan fingerprint density at radius 3 is 2.32 bits per heavy atom. The van der Waals surface area contributed by atoms with E-state index in [-0.39, 0.29) is 15.5 Å². The Labute approximate surface area is 172 Å². The number of hydrogen-bond acceptors (Lipinski definition) is 5. The molecule has 0 atom stereocenters. The molecule has 2 heterocycles. The minimum Gasteiger partial charge on any atom is -0.465 e. The molecule has 2 aliphatic heterocycles. The van der Waals surface area contributed by atoms with Crippen molar-refractivity contribution in [1.29, 1.82) is 0 Å². The molecule has 0 amide bonds. The van der Waals surface area contributed by atoms with E-state index in [1.54, 1.807) is 0 Å². The summed E-state index contributed by atoms with van der Waals surface area (Å²) in [5.41, 5.74) is 0.239. The second kappa shape index (κ2) is 9.57. The van der Waals surface area contributed by atoms with Gasteiger partial charge in [0.05, 0.1) is 17.7 Å². The number of rotatable bonds is 5. The Balaban J connectivity index is 1.62. The van der Waals surface area contributed by atoms with Crippen molar-refractivity contribution in [3.63, 3.8) is 0 Å². The summed E-state index contributed by atoms with van der Waals surface area (Å²) in [7, 11) is -2.39. The van der Waals surface area contributed by atoms with E-state index >= 15 is 0 Å². The first-order valence-corrected chi connectivity index (χ1v) is 11.8. The van der Waals surface area contributed by atoms with E-state index in [0.29, 0.717) is 19.0 Å². The van der Waals surface area contributed by atoms with Gasteiger partial charge in [-0.3, -0.25) is 0 Å². The lowest BCUT2D eigenvalue weighted by Crippen LogP contribution is -2.41. The number of methoxy groups -OCH3 is 1. The van der Waals surface area contributed by atoms with Crippen LogP contribution >= 0.6 is 11.6 Å². The maximum atomic E-state index is 13.0. The number of ether oxygens (including phenoxy) is 1. The minimum absolute atomic E-state index is 0.0489. The van der Waals surface area contributed by atoms with Crippen LogP contribution in [-0.4, -0.2) is 63.4 Å². The van der Waals surface area contributed by atoms with Crippen molar-refractivity contribution >= 4 is 27.6 Å². The van der Waals surface area contributed by atoms with Gasteiger partial charge in [-0.2, -0.15) is 4.31 Å². The van der Waals surface area contributed by atoms with E-state index in [4.69, 9.17) is 11.6 Å². The molecule has 3 rings (SSSR count). The zero-order valence-corrected chi connectivity index (χ0v) is 18.0. The van der Waals surface area contributed by atoms with Crippen LogP contribution in [0.15, 0.2) is 23.1 Å². The second-order valence-electron chi connectivity index (χ2n) is 7.70. The molecule has 2 aliphatic rings. The number of carbonyl (C=O) groups is 1. The fourth-order valence-corrected chi connectivity index (χ4v) is 6.10. The van der Waals surface area contributed by atoms with Gasteiger partial charge in [0.1, 0.15) is 4.90 Å². The Kier molecular flexibility index (Phi) is 7.36. The minimum atomic E-state index is -3.67. The lowest BCUT2D eigenvalue weighted by molar-refractivity contribution is 0.0600. The molecule has 2 saturated heterocycles.